The van der Waals surface area contributed by atoms with Crippen LogP contribution in [-0.4, -0.2) is 76.1 Å². The molecule has 0 aromatic carbocycles. The van der Waals surface area contributed by atoms with Gasteiger partial charge in [0, 0.05) is 6.54 Å². The summed E-state index contributed by atoms with van der Waals surface area (Å²) in [7, 11) is 0. The summed E-state index contributed by atoms with van der Waals surface area (Å²) < 4.78 is 0. The quantitative estimate of drug-likeness (QED) is 0.330. The van der Waals surface area contributed by atoms with E-state index in [1.54, 1.807) is 13.8 Å². The molecule has 3 amide bonds. The van der Waals surface area contributed by atoms with E-state index in [0.717, 1.165) is 4.90 Å². The number of hydrogen-bond acceptors (Lipinski definition) is 6. The van der Waals surface area contributed by atoms with Gasteiger partial charge in [-0.1, -0.05) is 13.8 Å². The van der Waals surface area contributed by atoms with E-state index >= 15 is 0 Å². The third-order valence-corrected chi connectivity index (χ3v) is 4.39. The number of carboxylic acids is 1. The van der Waals surface area contributed by atoms with Crippen LogP contribution < -0.4 is 16.4 Å². The van der Waals surface area contributed by atoms with E-state index in [4.69, 9.17) is 10.8 Å². The van der Waals surface area contributed by atoms with Crippen molar-refractivity contribution in [3.05, 3.63) is 0 Å². The number of nitrogens with two attached hydrogens (primary N) is 1. The molecular weight excluding hydrogens is 344 g/mol. The zero-order valence-corrected chi connectivity index (χ0v) is 15.3. The molecule has 1 heterocycles. The molecule has 6 N–H and O–H groups in total. The molecule has 0 saturated carbocycles. The largest absolute Gasteiger partial charge is 0.480 e. The number of aliphatic hydroxyl groups excluding tert-OH is 1. The number of likely N-dealkylation sites (tertiary alicyclic amines) is 1. The minimum Gasteiger partial charge on any atom is -0.480 e. The van der Waals surface area contributed by atoms with Crippen molar-refractivity contribution in [1.29, 1.82) is 0 Å². The highest BCUT2D eigenvalue weighted by molar-refractivity contribution is 5.94. The number of carbonyl (C=O) groups excluding carboxylic acids is 3. The van der Waals surface area contributed by atoms with Gasteiger partial charge in [0.05, 0.1) is 12.6 Å². The van der Waals surface area contributed by atoms with Gasteiger partial charge in [0.15, 0.2) is 0 Å². The summed E-state index contributed by atoms with van der Waals surface area (Å²) in [6.45, 7) is 4.53. The maximum Gasteiger partial charge on any atom is 0.326 e. The standard InChI is InChI=1S/C16H28N4O6/c1-8(2)12(17)14(23)18-9(3)13(22)19-10(7-21)15(24)20-6-4-5-11(20)16(25)26/h8-12,21H,4-7,17H2,1-3H3,(H,18,23)(H,19,22)(H,25,26). The highest BCUT2D eigenvalue weighted by Crippen LogP contribution is 2.18. The first-order valence-electron chi connectivity index (χ1n) is 8.60. The first kappa shape index (κ1) is 21.8. The van der Waals surface area contributed by atoms with Crippen LogP contribution in [0.2, 0.25) is 0 Å². The van der Waals surface area contributed by atoms with Crippen molar-refractivity contribution in [2.24, 2.45) is 11.7 Å². The van der Waals surface area contributed by atoms with E-state index in [9.17, 15) is 24.3 Å². The lowest BCUT2D eigenvalue weighted by Gasteiger charge is -2.27. The van der Waals surface area contributed by atoms with Crippen LogP contribution in [0, 0.1) is 5.92 Å². The monoisotopic (exact) mass is 372 g/mol. The number of hydrogen-bond donors (Lipinski definition) is 5. The van der Waals surface area contributed by atoms with E-state index < -0.39 is 54.5 Å². The van der Waals surface area contributed by atoms with Gasteiger partial charge in [-0.15, -0.1) is 0 Å². The van der Waals surface area contributed by atoms with Crippen LogP contribution in [-0.2, 0) is 19.2 Å². The topological polar surface area (TPSA) is 162 Å². The molecule has 0 radical (unpaired) electrons. The molecule has 4 unspecified atom stereocenters. The fourth-order valence-electron chi connectivity index (χ4n) is 2.65. The Balaban J connectivity index is 2.68. The molecule has 0 spiro atoms. The number of nitrogens with one attached hydrogen (secondary N) is 2. The molecule has 0 aliphatic carbocycles. The minimum atomic E-state index is -1.28. The summed E-state index contributed by atoms with van der Waals surface area (Å²) in [5, 5.41) is 23.4. The summed E-state index contributed by atoms with van der Waals surface area (Å²) in [4.78, 5) is 48.9. The van der Waals surface area contributed by atoms with Crippen LogP contribution in [0.3, 0.4) is 0 Å². The lowest BCUT2D eigenvalue weighted by molar-refractivity contribution is -0.150. The summed E-state index contributed by atoms with van der Waals surface area (Å²) in [6.07, 6.45) is 0.862. The van der Waals surface area contributed by atoms with Gasteiger partial charge in [0.2, 0.25) is 17.7 Å². The predicted octanol–water partition coefficient (Wildman–Crippen LogP) is -1.97. The highest BCUT2D eigenvalue weighted by Gasteiger charge is 2.37. The van der Waals surface area contributed by atoms with Gasteiger partial charge in [-0.25, -0.2) is 4.79 Å². The number of carbonyl (C=O) groups is 4. The SMILES string of the molecule is CC(NC(=O)C(N)C(C)C)C(=O)NC(CO)C(=O)N1CCCC1C(=O)O. The zero-order chi connectivity index (χ0) is 20.0. The first-order chi connectivity index (χ1) is 12.1. The second-order valence-corrected chi connectivity index (χ2v) is 6.77. The maximum absolute atomic E-state index is 12.4. The van der Waals surface area contributed by atoms with Crippen LogP contribution in [0.5, 0.6) is 0 Å². The van der Waals surface area contributed by atoms with Gasteiger partial charge < -0.3 is 31.5 Å². The van der Waals surface area contributed by atoms with Crippen molar-refractivity contribution in [3.8, 4) is 0 Å². The molecule has 0 bridgehead atoms. The molecule has 1 aliphatic heterocycles. The Bertz CT molecular complexity index is 553. The van der Waals surface area contributed by atoms with Gasteiger partial charge >= 0.3 is 5.97 Å². The Morgan fingerprint density at radius 3 is 2.27 bits per heavy atom. The summed E-state index contributed by atoms with van der Waals surface area (Å²) >= 11 is 0. The van der Waals surface area contributed by atoms with Crippen molar-refractivity contribution in [1.82, 2.24) is 15.5 Å². The third-order valence-electron chi connectivity index (χ3n) is 4.39. The Morgan fingerprint density at radius 1 is 1.15 bits per heavy atom. The highest BCUT2D eigenvalue weighted by atomic mass is 16.4. The fraction of sp³-hybridized carbons (Fsp3) is 0.750. The molecule has 26 heavy (non-hydrogen) atoms. The van der Waals surface area contributed by atoms with Crippen LogP contribution in [0.15, 0.2) is 0 Å². The normalized spacial score (nSPS) is 20.4. The lowest BCUT2D eigenvalue weighted by Crippen LogP contribution is -2.57. The van der Waals surface area contributed by atoms with Crippen molar-refractivity contribution in [2.45, 2.75) is 57.8 Å². The van der Waals surface area contributed by atoms with Gasteiger partial charge in [-0.3, -0.25) is 14.4 Å². The molecule has 148 valence electrons. The van der Waals surface area contributed by atoms with Crippen LogP contribution in [0.25, 0.3) is 0 Å². The molecule has 10 heteroatoms. The number of amides is 3. The Morgan fingerprint density at radius 2 is 1.77 bits per heavy atom. The van der Waals surface area contributed by atoms with Crippen LogP contribution in [0.4, 0.5) is 0 Å². The van der Waals surface area contributed by atoms with Crippen LogP contribution >= 0.6 is 0 Å². The Kier molecular flexibility index (Phi) is 7.97. The van der Waals surface area contributed by atoms with Gasteiger partial charge in [-0.05, 0) is 25.7 Å². The molecule has 1 saturated heterocycles. The van der Waals surface area contributed by atoms with Crippen LogP contribution in [0.1, 0.15) is 33.6 Å². The summed E-state index contributed by atoms with van der Waals surface area (Å²) in [6, 6.07) is -3.99. The molecule has 4 atom stereocenters. The van der Waals surface area contributed by atoms with Crippen molar-refractivity contribution >= 4 is 23.7 Å². The van der Waals surface area contributed by atoms with Crippen molar-refractivity contribution in [3.63, 3.8) is 0 Å². The maximum atomic E-state index is 12.4. The lowest BCUT2D eigenvalue weighted by atomic mass is 10.0. The molecule has 0 aromatic rings. The molecule has 1 fully saturated rings. The second-order valence-electron chi connectivity index (χ2n) is 6.77. The van der Waals surface area contributed by atoms with Crippen molar-refractivity contribution < 1.29 is 29.4 Å². The minimum absolute atomic E-state index is 0.111. The Hall–Kier alpha value is -2.20. The third kappa shape index (κ3) is 5.40. The summed E-state index contributed by atoms with van der Waals surface area (Å²) in [5.41, 5.74) is 5.71. The number of rotatable bonds is 8. The second kappa shape index (κ2) is 9.48. The van der Waals surface area contributed by atoms with Crippen molar-refractivity contribution in [2.75, 3.05) is 13.2 Å². The van der Waals surface area contributed by atoms with Gasteiger partial charge in [-0.2, -0.15) is 0 Å². The average molecular weight is 372 g/mol. The van der Waals surface area contributed by atoms with E-state index in [-0.39, 0.29) is 12.5 Å². The smallest absolute Gasteiger partial charge is 0.326 e. The predicted molar refractivity (Wildman–Crippen MR) is 91.8 cm³/mol. The molecular formula is C16H28N4O6. The summed E-state index contributed by atoms with van der Waals surface area (Å²) in [5.74, 6) is -3.07. The Labute approximate surface area is 152 Å². The van der Waals surface area contributed by atoms with E-state index in [1.165, 1.54) is 6.92 Å². The number of aliphatic carboxylic acids is 1. The molecule has 10 nitrogen and oxygen atoms in total. The van der Waals surface area contributed by atoms with Gasteiger partial charge in [0.25, 0.3) is 0 Å². The number of carboxylic acid groups (broad SMARTS) is 1. The van der Waals surface area contributed by atoms with E-state index in [1.807, 2.05) is 0 Å². The first-order valence-corrected chi connectivity index (χ1v) is 8.60. The molecule has 1 aliphatic rings. The zero-order valence-electron chi connectivity index (χ0n) is 15.3. The van der Waals surface area contributed by atoms with E-state index in [2.05, 4.69) is 10.6 Å². The van der Waals surface area contributed by atoms with E-state index in [0.29, 0.717) is 12.8 Å². The number of aliphatic hydroxyl groups is 1. The molecule has 0 aromatic heterocycles. The average Bonchev–Trinajstić information content (AvgIpc) is 3.07. The fourth-order valence-corrected chi connectivity index (χ4v) is 2.65. The number of nitrogens with zero attached hydrogens (tertiary/aromatic N) is 1. The molecule has 1 rings (SSSR count). The van der Waals surface area contributed by atoms with Gasteiger partial charge in [0.1, 0.15) is 18.1 Å².